The van der Waals surface area contributed by atoms with Crippen LogP contribution in [-0.2, 0) is 12.7 Å². The van der Waals surface area contributed by atoms with E-state index in [9.17, 15) is 13.2 Å². The first-order valence-corrected chi connectivity index (χ1v) is 8.13. The van der Waals surface area contributed by atoms with Gasteiger partial charge in [0.2, 0.25) is 11.7 Å². The van der Waals surface area contributed by atoms with E-state index in [-0.39, 0.29) is 11.0 Å². The van der Waals surface area contributed by atoms with Gasteiger partial charge in [0, 0.05) is 21.1 Å². The van der Waals surface area contributed by atoms with Crippen LogP contribution in [-0.4, -0.2) is 10.1 Å². The number of rotatable bonds is 4. The summed E-state index contributed by atoms with van der Waals surface area (Å²) in [6.45, 7) is 0.135. The lowest BCUT2D eigenvalue weighted by Gasteiger charge is -2.11. The van der Waals surface area contributed by atoms with Crippen LogP contribution in [0.3, 0.4) is 0 Å². The van der Waals surface area contributed by atoms with E-state index in [2.05, 4.69) is 31.4 Å². The number of nitrogens with zero attached hydrogens (tertiary/aromatic N) is 2. The van der Waals surface area contributed by atoms with Gasteiger partial charge in [-0.15, -0.1) is 0 Å². The lowest BCUT2D eigenvalue weighted by molar-refractivity contribution is -0.138. The Morgan fingerprint density at radius 3 is 2.78 bits per heavy atom. The van der Waals surface area contributed by atoms with Crippen molar-refractivity contribution in [3.05, 3.63) is 51.0 Å². The third kappa shape index (κ3) is 3.73. The number of aromatic nitrogens is 2. The second-order valence-electron chi connectivity index (χ2n) is 4.57. The van der Waals surface area contributed by atoms with Crippen molar-refractivity contribution in [3.8, 4) is 11.4 Å². The number of halogens is 4. The van der Waals surface area contributed by atoms with Crippen LogP contribution in [0.1, 0.15) is 11.5 Å². The normalized spacial score (nSPS) is 11.7. The molecule has 120 valence electrons. The molecule has 0 saturated heterocycles. The predicted octanol–water partition coefficient (Wildman–Crippen LogP) is 5.19. The number of benzene rings is 1. The molecule has 3 rings (SSSR count). The monoisotopic (exact) mass is 403 g/mol. The molecule has 2 aromatic heterocycles. The van der Waals surface area contributed by atoms with Crippen molar-refractivity contribution in [1.29, 1.82) is 0 Å². The molecule has 3 aromatic rings. The third-order valence-electron chi connectivity index (χ3n) is 2.96. The molecule has 1 aromatic carbocycles. The Balaban J connectivity index is 1.72. The Morgan fingerprint density at radius 2 is 2.09 bits per heavy atom. The molecule has 2 heterocycles. The van der Waals surface area contributed by atoms with Gasteiger partial charge in [-0.2, -0.15) is 29.5 Å². The topological polar surface area (TPSA) is 51.0 Å². The maximum Gasteiger partial charge on any atom is 0.417 e. The van der Waals surface area contributed by atoms with Gasteiger partial charge in [0.05, 0.1) is 12.1 Å². The van der Waals surface area contributed by atoms with Gasteiger partial charge in [0.1, 0.15) is 0 Å². The van der Waals surface area contributed by atoms with Crippen molar-refractivity contribution in [1.82, 2.24) is 10.1 Å². The van der Waals surface area contributed by atoms with Crippen LogP contribution >= 0.6 is 27.3 Å². The Kier molecular flexibility index (Phi) is 4.40. The van der Waals surface area contributed by atoms with Gasteiger partial charge in [0.25, 0.3) is 0 Å². The molecule has 0 aliphatic rings. The molecule has 0 radical (unpaired) electrons. The zero-order valence-electron chi connectivity index (χ0n) is 11.4. The second-order valence-corrected chi connectivity index (χ2v) is 6.20. The van der Waals surface area contributed by atoms with Crippen molar-refractivity contribution in [2.24, 2.45) is 0 Å². The average molecular weight is 404 g/mol. The van der Waals surface area contributed by atoms with E-state index in [1.165, 1.54) is 23.5 Å². The molecule has 1 N–H and O–H groups in total. The van der Waals surface area contributed by atoms with E-state index >= 15 is 0 Å². The summed E-state index contributed by atoms with van der Waals surface area (Å²) in [4.78, 5) is 4.19. The van der Waals surface area contributed by atoms with Crippen LogP contribution in [0.2, 0.25) is 0 Å². The summed E-state index contributed by atoms with van der Waals surface area (Å²) in [5.41, 5.74) is 0.413. The van der Waals surface area contributed by atoms with Gasteiger partial charge in [0.15, 0.2) is 0 Å². The van der Waals surface area contributed by atoms with Crippen LogP contribution in [0, 0.1) is 0 Å². The van der Waals surface area contributed by atoms with Crippen LogP contribution in [0.15, 0.2) is 44.0 Å². The molecular formula is C14H9BrF3N3OS. The van der Waals surface area contributed by atoms with Gasteiger partial charge < -0.3 is 9.84 Å². The highest BCUT2D eigenvalue weighted by atomic mass is 79.9. The predicted molar refractivity (Wildman–Crippen MR) is 84.1 cm³/mol. The van der Waals surface area contributed by atoms with E-state index in [1.807, 2.05) is 16.8 Å². The third-order valence-corrected chi connectivity index (χ3v) is 4.34. The minimum Gasteiger partial charge on any atom is -0.376 e. The summed E-state index contributed by atoms with van der Waals surface area (Å²) in [5.74, 6) is 0.748. The Labute approximate surface area is 141 Å². The maximum absolute atomic E-state index is 12.9. The Hall–Kier alpha value is -1.87. The average Bonchev–Trinajstić information content (AvgIpc) is 3.16. The van der Waals surface area contributed by atoms with Gasteiger partial charge in [-0.3, -0.25) is 0 Å². The zero-order chi connectivity index (χ0) is 16.4. The first kappa shape index (κ1) is 16.0. The smallest absolute Gasteiger partial charge is 0.376 e. The van der Waals surface area contributed by atoms with Gasteiger partial charge in [-0.05, 0) is 29.6 Å². The Morgan fingerprint density at radius 1 is 1.26 bits per heavy atom. The molecule has 0 bridgehead atoms. The summed E-state index contributed by atoms with van der Waals surface area (Å²) in [6.07, 6.45) is -4.42. The van der Waals surface area contributed by atoms with Crippen LogP contribution in [0.4, 0.5) is 18.9 Å². The number of alkyl halides is 3. The minimum absolute atomic E-state index is 0.00640. The van der Waals surface area contributed by atoms with Crippen molar-refractivity contribution in [2.75, 3.05) is 5.32 Å². The quantitative estimate of drug-likeness (QED) is 0.650. The van der Waals surface area contributed by atoms with E-state index in [0.29, 0.717) is 17.4 Å². The summed E-state index contributed by atoms with van der Waals surface area (Å²) < 4.78 is 43.6. The second kappa shape index (κ2) is 6.32. The molecule has 0 aliphatic heterocycles. The lowest BCUT2D eigenvalue weighted by atomic mass is 10.2. The SMILES string of the molecule is FC(F)(F)c1cc(NCc2nc(-c3ccsc3)no2)ccc1Br. The molecule has 9 heteroatoms. The number of nitrogens with one attached hydrogen (secondary N) is 1. The Bertz CT molecular complexity index is 802. The molecule has 4 nitrogen and oxygen atoms in total. The molecule has 0 unspecified atom stereocenters. The largest absolute Gasteiger partial charge is 0.417 e. The summed E-state index contributed by atoms with van der Waals surface area (Å²) >= 11 is 4.41. The van der Waals surface area contributed by atoms with E-state index < -0.39 is 11.7 Å². The zero-order valence-corrected chi connectivity index (χ0v) is 13.8. The van der Waals surface area contributed by atoms with Crippen LogP contribution in [0.25, 0.3) is 11.4 Å². The molecular weight excluding hydrogens is 395 g/mol. The van der Waals surface area contributed by atoms with E-state index in [0.717, 1.165) is 11.6 Å². The first-order valence-electron chi connectivity index (χ1n) is 6.39. The molecule has 0 amide bonds. The fourth-order valence-corrected chi connectivity index (χ4v) is 2.97. The summed E-state index contributed by atoms with van der Waals surface area (Å²) in [7, 11) is 0. The highest BCUT2D eigenvalue weighted by Crippen LogP contribution is 2.36. The van der Waals surface area contributed by atoms with Crippen molar-refractivity contribution in [3.63, 3.8) is 0 Å². The summed E-state index contributed by atoms with van der Waals surface area (Å²) in [6, 6.07) is 5.77. The highest BCUT2D eigenvalue weighted by Gasteiger charge is 2.33. The molecule has 0 spiro atoms. The fraction of sp³-hybridized carbons (Fsp3) is 0.143. The van der Waals surface area contributed by atoms with E-state index in [4.69, 9.17) is 4.52 Å². The molecule has 0 aliphatic carbocycles. The molecule has 23 heavy (non-hydrogen) atoms. The summed E-state index contributed by atoms with van der Waals surface area (Å²) in [5, 5.41) is 10.5. The van der Waals surface area contributed by atoms with Gasteiger partial charge >= 0.3 is 6.18 Å². The minimum atomic E-state index is -4.42. The molecule has 0 fully saturated rings. The number of thiophene rings is 1. The number of anilines is 1. The highest BCUT2D eigenvalue weighted by molar-refractivity contribution is 9.10. The molecule has 0 atom stereocenters. The number of hydrogen-bond donors (Lipinski definition) is 1. The lowest BCUT2D eigenvalue weighted by Crippen LogP contribution is -2.07. The van der Waals surface area contributed by atoms with Crippen LogP contribution in [0.5, 0.6) is 0 Å². The number of hydrogen-bond acceptors (Lipinski definition) is 5. The standard InChI is InChI=1S/C14H9BrF3N3OS/c15-11-2-1-9(5-10(11)14(16,17)18)19-6-12-20-13(21-22-12)8-3-4-23-7-8/h1-5,7,19H,6H2. The maximum atomic E-state index is 12.9. The van der Waals surface area contributed by atoms with Crippen molar-refractivity contribution in [2.45, 2.75) is 12.7 Å². The first-order chi connectivity index (χ1) is 10.9. The fourth-order valence-electron chi connectivity index (χ4n) is 1.87. The van der Waals surface area contributed by atoms with Crippen LogP contribution < -0.4 is 5.32 Å². The van der Waals surface area contributed by atoms with Crippen molar-refractivity contribution < 1.29 is 17.7 Å². The van der Waals surface area contributed by atoms with Crippen molar-refractivity contribution >= 4 is 33.0 Å². The van der Waals surface area contributed by atoms with Gasteiger partial charge in [-0.25, -0.2) is 0 Å². The molecule has 0 saturated carbocycles. The van der Waals surface area contributed by atoms with Gasteiger partial charge in [-0.1, -0.05) is 21.1 Å². The van der Waals surface area contributed by atoms with E-state index in [1.54, 1.807) is 0 Å².